The molecular weight excluding hydrogens is 366 g/mol. The monoisotopic (exact) mass is 393 g/mol. The average molecular weight is 394 g/mol. The molecule has 0 aliphatic rings. The van der Waals surface area contributed by atoms with Crippen molar-refractivity contribution in [3.8, 4) is 0 Å². The minimum absolute atomic E-state index is 0.218. The number of hydrogen-bond donors (Lipinski definition) is 1. The van der Waals surface area contributed by atoms with E-state index in [1.165, 1.54) is 0 Å². The molecule has 0 radical (unpaired) electrons. The smallest absolute Gasteiger partial charge is 0.246 e. The van der Waals surface area contributed by atoms with Gasteiger partial charge in [0.1, 0.15) is 0 Å². The lowest BCUT2D eigenvalue weighted by Crippen LogP contribution is -2.54. The third-order valence-corrected chi connectivity index (χ3v) is 5.75. The first kappa shape index (κ1) is 20.3. The highest BCUT2D eigenvalue weighted by Crippen LogP contribution is 2.31. The van der Waals surface area contributed by atoms with Gasteiger partial charge in [-0.05, 0) is 59.2 Å². The van der Waals surface area contributed by atoms with Gasteiger partial charge in [-0.2, -0.15) is 11.3 Å². The fourth-order valence-corrected chi connectivity index (χ4v) is 4.39. The zero-order valence-electron chi connectivity index (χ0n) is 16.3. The maximum atomic E-state index is 12.8. The molecule has 0 bridgehead atoms. The summed E-state index contributed by atoms with van der Waals surface area (Å²) in [5, 5.41) is 16.3. The van der Waals surface area contributed by atoms with Crippen molar-refractivity contribution in [2.75, 3.05) is 0 Å². The number of hydroxylamine groups is 2. The maximum absolute atomic E-state index is 12.8. The van der Waals surface area contributed by atoms with Crippen molar-refractivity contribution in [2.45, 2.75) is 44.6 Å². The fourth-order valence-electron chi connectivity index (χ4n) is 3.72. The predicted molar refractivity (Wildman–Crippen MR) is 115 cm³/mol. The predicted octanol–water partition coefficient (Wildman–Crippen LogP) is 5.53. The van der Waals surface area contributed by atoms with Gasteiger partial charge in [0.25, 0.3) is 0 Å². The molecule has 0 aliphatic heterocycles. The summed E-state index contributed by atoms with van der Waals surface area (Å²) >= 11 is 1.64. The Kier molecular flexibility index (Phi) is 7.01. The molecule has 0 spiro atoms. The quantitative estimate of drug-likeness (QED) is 0.383. The Labute approximate surface area is 171 Å². The number of rotatable bonds is 9. The van der Waals surface area contributed by atoms with Crippen LogP contribution in [0.1, 0.15) is 36.5 Å². The van der Waals surface area contributed by atoms with Gasteiger partial charge in [-0.25, -0.2) is 5.06 Å². The van der Waals surface area contributed by atoms with Crippen LogP contribution < -0.4 is 0 Å². The third-order valence-electron chi connectivity index (χ3n) is 5.01. The lowest BCUT2D eigenvalue weighted by molar-refractivity contribution is -0.195. The van der Waals surface area contributed by atoms with Crippen molar-refractivity contribution >= 4 is 17.2 Å². The van der Waals surface area contributed by atoms with Crippen molar-refractivity contribution in [1.29, 1.82) is 0 Å². The molecule has 0 atom stereocenters. The van der Waals surface area contributed by atoms with Crippen LogP contribution in [0.25, 0.3) is 0 Å². The summed E-state index contributed by atoms with van der Waals surface area (Å²) in [7, 11) is 0. The van der Waals surface area contributed by atoms with Crippen molar-refractivity contribution in [3.63, 3.8) is 0 Å². The van der Waals surface area contributed by atoms with E-state index < -0.39 is 5.54 Å². The van der Waals surface area contributed by atoms with Gasteiger partial charge in [-0.3, -0.25) is 10.0 Å². The average Bonchev–Trinajstić information content (AvgIpc) is 3.22. The molecule has 3 aromatic rings. The summed E-state index contributed by atoms with van der Waals surface area (Å²) in [5.74, 6) is -0.218. The van der Waals surface area contributed by atoms with Crippen LogP contribution in [0.5, 0.6) is 0 Å². The highest BCUT2D eigenvalue weighted by Gasteiger charge is 2.40. The highest BCUT2D eigenvalue weighted by molar-refractivity contribution is 7.07. The fraction of sp³-hybridized carbons (Fsp3) is 0.292. The number of nitrogens with zero attached hydrogens (tertiary/aromatic N) is 1. The van der Waals surface area contributed by atoms with Gasteiger partial charge >= 0.3 is 0 Å². The van der Waals surface area contributed by atoms with Crippen molar-refractivity contribution in [1.82, 2.24) is 5.06 Å². The third kappa shape index (κ3) is 5.09. The van der Waals surface area contributed by atoms with Gasteiger partial charge in [0, 0.05) is 6.42 Å². The van der Waals surface area contributed by atoms with E-state index in [0.29, 0.717) is 32.1 Å². The van der Waals surface area contributed by atoms with Crippen LogP contribution in [0.2, 0.25) is 0 Å². The molecule has 28 heavy (non-hydrogen) atoms. The van der Waals surface area contributed by atoms with Crippen LogP contribution in [-0.4, -0.2) is 21.7 Å². The summed E-state index contributed by atoms with van der Waals surface area (Å²) in [5.41, 5.74) is 2.62. The Morgan fingerprint density at radius 1 is 0.893 bits per heavy atom. The minimum atomic E-state index is -0.740. The summed E-state index contributed by atoms with van der Waals surface area (Å²) in [6, 6.07) is 22.3. The SMILES string of the molecule is CCCC(=O)N(O)C(Cc1ccccc1)(Cc1ccccc1)Cc1ccsc1. The molecule has 0 unspecified atom stereocenters. The first-order chi connectivity index (χ1) is 13.6. The van der Waals surface area contributed by atoms with E-state index in [1.807, 2.05) is 48.7 Å². The van der Waals surface area contributed by atoms with E-state index in [-0.39, 0.29) is 5.91 Å². The number of hydrogen-bond acceptors (Lipinski definition) is 3. The van der Waals surface area contributed by atoms with Gasteiger partial charge in [-0.1, -0.05) is 67.6 Å². The standard InChI is InChI=1S/C24H27NO2S/c1-2-9-23(26)25(27)24(18-22-14-15-28-19-22,16-20-10-5-3-6-11-20)17-21-12-7-4-8-13-21/h3-8,10-15,19,27H,2,9,16-18H2,1H3. The normalized spacial score (nSPS) is 11.4. The molecule has 0 fully saturated rings. The first-order valence-electron chi connectivity index (χ1n) is 9.74. The van der Waals surface area contributed by atoms with Gasteiger partial charge in [-0.15, -0.1) is 0 Å². The molecule has 1 amide bonds. The molecule has 2 aromatic carbocycles. The Morgan fingerprint density at radius 2 is 1.43 bits per heavy atom. The van der Waals surface area contributed by atoms with E-state index in [2.05, 4.69) is 35.7 Å². The molecule has 4 heteroatoms. The highest BCUT2D eigenvalue weighted by atomic mass is 32.1. The second-order valence-corrected chi connectivity index (χ2v) is 8.09. The maximum Gasteiger partial charge on any atom is 0.246 e. The van der Waals surface area contributed by atoms with Gasteiger partial charge in [0.05, 0.1) is 5.54 Å². The second kappa shape index (κ2) is 9.67. The molecular formula is C24H27NO2S. The van der Waals surface area contributed by atoms with Crippen LogP contribution in [0.15, 0.2) is 77.5 Å². The summed E-state index contributed by atoms with van der Waals surface area (Å²) in [4.78, 5) is 12.8. The summed E-state index contributed by atoms with van der Waals surface area (Å²) in [6.45, 7) is 1.96. The molecule has 1 N–H and O–H groups in total. The van der Waals surface area contributed by atoms with Crippen LogP contribution in [0.3, 0.4) is 0 Å². The van der Waals surface area contributed by atoms with Crippen molar-refractivity contribution < 1.29 is 10.0 Å². The van der Waals surface area contributed by atoms with Gasteiger partial charge in [0.15, 0.2) is 0 Å². The summed E-state index contributed by atoms with van der Waals surface area (Å²) in [6.07, 6.45) is 2.83. The van der Waals surface area contributed by atoms with Crippen LogP contribution in [0.4, 0.5) is 0 Å². The van der Waals surface area contributed by atoms with Crippen LogP contribution in [-0.2, 0) is 24.1 Å². The lowest BCUT2D eigenvalue weighted by Gasteiger charge is -2.40. The van der Waals surface area contributed by atoms with E-state index in [9.17, 15) is 10.0 Å². The number of amides is 1. The minimum Gasteiger partial charge on any atom is -0.285 e. The van der Waals surface area contributed by atoms with E-state index in [4.69, 9.17) is 0 Å². The van der Waals surface area contributed by atoms with E-state index >= 15 is 0 Å². The zero-order valence-corrected chi connectivity index (χ0v) is 17.1. The Morgan fingerprint density at radius 3 is 1.89 bits per heavy atom. The number of carbonyl (C=O) groups is 1. The molecule has 0 aliphatic carbocycles. The lowest BCUT2D eigenvalue weighted by atomic mass is 9.79. The van der Waals surface area contributed by atoms with Crippen LogP contribution in [0, 0.1) is 0 Å². The Hall–Kier alpha value is -2.43. The topological polar surface area (TPSA) is 40.5 Å². The largest absolute Gasteiger partial charge is 0.285 e. The van der Waals surface area contributed by atoms with E-state index in [1.54, 1.807) is 11.3 Å². The number of carbonyl (C=O) groups excluding carboxylic acids is 1. The molecule has 146 valence electrons. The first-order valence-corrected chi connectivity index (χ1v) is 10.7. The van der Waals surface area contributed by atoms with Crippen molar-refractivity contribution in [3.05, 3.63) is 94.2 Å². The molecule has 1 aromatic heterocycles. The summed E-state index contributed by atoms with van der Waals surface area (Å²) < 4.78 is 0. The molecule has 3 nitrogen and oxygen atoms in total. The molecule has 0 saturated heterocycles. The van der Waals surface area contributed by atoms with Gasteiger partial charge in [0.2, 0.25) is 5.91 Å². The molecule has 1 heterocycles. The van der Waals surface area contributed by atoms with Crippen molar-refractivity contribution in [2.24, 2.45) is 0 Å². The number of thiophene rings is 1. The molecule has 0 saturated carbocycles. The zero-order chi connectivity index (χ0) is 19.8. The van der Waals surface area contributed by atoms with Crippen LogP contribution >= 0.6 is 11.3 Å². The van der Waals surface area contributed by atoms with Gasteiger partial charge < -0.3 is 0 Å². The molecule has 3 rings (SSSR count). The Bertz CT molecular complexity index is 805. The Balaban J connectivity index is 2.04. The number of benzene rings is 2. The second-order valence-electron chi connectivity index (χ2n) is 7.31. The van der Waals surface area contributed by atoms with E-state index in [0.717, 1.165) is 21.8 Å².